The van der Waals surface area contributed by atoms with Crippen molar-refractivity contribution in [3.05, 3.63) is 120 Å². The summed E-state index contributed by atoms with van der Waals surface area (Å²) in [5, 5.41) is 12.8. The van der Waals surface area contributed by atoms with Crippen molar-refractivity contribution in [2.75, 3.05) is 11.9 Å². The number of benzene rings is 2. The number of rotatable bonds is 8. The fourth-order valence-corrected chi connectivity index (χ4v) is 6.33. The highest BCUT2D eigenvalue weighted by atomic mass is 32.2. The van der Waals surface area contributed by atoms with Gasteiger partial charge in [-0.3, -0.25) is 24.4 Å². The zero-order chi connectivity index (χ0) is 32.0. The number of thioether (sulfide) groups is 1. The van der Waals surface area contributed by atoms with Gasteiger partial charge in [0.05, 0.1) is 36.8 Å². The predicted octanol–water partition coefficient (Wildman–Crippen LogP) is 4.83. The van der Waals surface area contributed by atoms with Gasteiger partial charge in [0, 0.05) is 18.3 Å². The second-order valence-corrected chi connectivity index (χ2v) is 11.8. The van der Waals surface area contributed by atoms with Gasteiger partial charge in [-0.25, -0.2) is 14.8 Å². The number of amidine groups is 1. The summed E-state index contributed by atoms with van der Waals surface area (Å²) in [6, 6.07) is 23.0. The summed E-state index contributed by atoms with van der Waals surface area (Å²) in [5.41, 5.74) is 2.86. The van der Waals surface area contributed by atoms with Gasteiger partial charge >= 0.3 is 6.09 Å². The van der Waals surface area contributed by atoms with Crippen molar-refractivity contribution in [1.82, 2.24) is 19.8 Å². The minimum atomic E-state index is -0.916. The van der Waals surface area contributed by atoms with E-state index in [1.54, 1.807) is 54.9 Å². The van der Waals surface area contributed by atoms with Gasteiger partial charge in [-0.2, -0.15) is 4.39 Å². The van der Waals surface area contributed by atoms with Crippen molar-refractivity contribution in [3.8, 4) is 0 Å². The molecule has 0 aliphatic carbocycles. The molecule has 46 heavy (non-hydrogen) atoms. The number of aliphatic hydroxyl groups is 1. The Morgan fingerprint density at radius 1 is 1.04 bits per heavy atom. The molecule has 0 bridgehead atoms. The van der Waals surface area contributed by atoms with Crippen LogP contribution in [0.1, 0.15) is 28.5 Å². The summed E-state index contributed by atoms with van der Waals surface area (Å²) in [4.78, 5) is 55.0. The number of amides is 3. The van der Waals surface area contributed by atoms with Crippen molar-refractivity contribution < 1.29 is 28.6 Å². The molecule has 1 unspecified atom stereocenters. The fraction of sp³-hybridized carbons (Fsp3) is 0.212. The summed E-state index contributed by atoms with van der Waals surface area (Å²) < 4.78 is 19.2. The number of aliphatic imine (C=N–C) groups is 1. The van der Waals surface area contributed by atoms with Gasteiger partial charge in [0.15, 0.2) is 5.17 Å². The number of hydrogen-bond acceptors (Lipinski definition) is 9. The Kier molecular flexibility index (Phi) is 9.31. The molecule has 234 valence electrons. The summed E-state index contributed by atoms with van der Waals surface area (Å²) >= 11 is 1.25. The first-order valence-corrected chi connectivity index (χ1v) is 15.4. The van der Waals surface area contributed by atoms with Gasteiger partial charge in [-0.1, -0.05) is 60.3 Å². The van der Waals surface area contributed by atoms with Crippen molar-refractivity contribution in [2.24, 2.45) is 4.99 Å². The van der Waals surface area contributed by atoms with E-state index in [2.05, 4.69) is 20.3 Å². The molecule has 2 saturated heterocycles. The van der Waals surface area contributed by atoms with Crippen molar-refractivity contribution in [1.29, 1.82) is 0 Å². The van der Waals surface area contributed by atoms with E-state index in [-0.39, 0.29) is 32.0 Å². The number of nitrogens with one attached hydrogen (secondary N) is 1. The molecule has 0 saturated carbocycles. The minimum Gasteiger partial charge on any atom is -0.445 e. The Bertz CT molecular complexity index is 1740. The van der Waals surface area contributed by atoms with E-state index in [1.165, 1.54) is 33.7 Å². The van der Waals surface area contributed by atoms with E-state index in [0.29, 0.717) is 27.8 Å². The summed E-state index contributed by atoms with van der Waals surface area (Å²) in [7, 11) is 0. The number of anilines is 1. The molecule has 4 aromatic rings. The molecule has 0 spiro atoms. The molecule has 2 aromatic heterocycles. The molecule has 2 aromatic carbocycles. The lowest BCUT2D eigenvalue weighted by Gasteiger charge is -2.23. The van der Waals surface area contributed by atoms with Crippen molar-refractivity contribution in [2.45, 2.75) is 37.0 Å². The summed E-state index contributed by atoms with van der Waals surface area (Å²) in [6.45, 7) is 0.0614. The third-order valence-corrected chi connectivity index (χ3v) is 8.64. The highest BCUT2D eigenvalue weighted by molar-refractivity contribution is 8.15. The second-order valence-electron chi connectivity index (χ2n) is 10.7. The molecule has 2 fully saturated rings. The van der Waals surface area contributed by atoms with E-state index in [1.807, 2.05) is 30.3 Å². The van der Waals surface area contributed by atoms with Crippen LogP contribution in [0.2, 0.25) is 0 Å². The molecule has 3 atom stereocenters. The number of carbonyl (C=O) groups is 3. The molecule has 2 aliphatic rings. The molecular weight excluding hydrogens is 611 g/mol. The molecule has 0 radical (unpaired) electrons. The van der Waals surface area contributed by atoms with E-state index < -0.39 is 35.3 Å². The van der Waals surface area contributed by atoms with Crippen LogP contribution < -0.4 is 5.32 Å². The van der Waals surface area contributed by atoms with Crippen molar-refractivity contribution >= 4 is 46.2 Å². The largest absolute Gasteiger partial charge is 0.445 e. The topological polar surface area (TPSA) is 137 Å². The van der Waals surface area contributed by atoms with Crippen LogP contribution in [-0.2, 0) is 27.5 Å². The quantitative estimate of drug-likeness (QED) is 0.262. The molecule has 2 aliphatic heterocycles. The molecular formula is C33H29FN6O5S. The Balaban J connectivity index is 1.14. The van der Waals surface area contributed by atoms with Gasteiger partial charge < -0.3 is 15.2 Å². The highest BCUT2D eigenvalue weighted by Crippen LogP contribution is 2.41. The number of β-amino-alcohol motifs (C(OH)–C–C–N with tert-alkyl or cyclic N) is 1. The van der Waals surface area contributed by atoms with E-state index in [4.69, 9.17) is 4.74 Å². The fourth-order valence-electron chi connectivity index (χ4n) is 5.16. The van der Waals surface area contributed by atoms with Crippen LogP contribution in [0.5, 0.6) is 0 Å². The molecule has 13 heteroatoms. The van der Waals surface area contributed by atoms with Gasteiger partial charge in [0.25, 0.3) is 0 Å². The Morgan fingerprint density at radius 2 is 1.85 bits per heavy atom. The summed E-state index contributed by atoms with van der Waals surface area (Å²) in [6.07, 6.45) is 1.73. The average molecular weight is 641 g/mol. The number of aliphatic hydroxyl groups excluding tert-OH is 1. The number of ether oxygens (including phenoxy) is 1. The molecule has 6 rings (SSSR count). The van der Waals surface area contributed by atoms with Gasteiger partial charge in [-0.05, 0) is 47.5 Å². The van der Waals surface area contributed by atoms with Crippen LogP contribution in [0.15, 0.2) is 102 Å². The van der Waals surface area contributed by atoms with Gasteiger partial charge in [-0.15, -0.1) is 0 Å². The number of pyridine rings is 2. The molecule has 11 nitrogen and oxygen atoms in total. The zero-order valence-electron chi connectivity index (χ0n) is 24.4. The van der Waals surface area contributed by atoms with Crippen LogP contribution in [0.25, 0.3) is 0 Å². The predicted molar refractivity (Wildman–Crippen MR) is 169 cm³/mol. The first-order valence-electron chi connectivity index (χ1n) is 14.5. The minimum absolute atomic E-state index is 0.0176. The number of halogens is 1. The Hall–Kier alpha value is -5.14. The van der Waals surface area contributed by atoms with Crippen LogP contribution in [-0.4, -0.2) is 66.6 Å². The van der Waals surface area contributed by atoms with E-state index in [9.17, 15) is 23.9 Å². The Labute approximate surface area is 268 Å². The second kappa shape index (κ2) is 13.9. The number of carbonyl (C=O) groups excluding carboxylic acids is 3. The van der Waals surface area contributed by atoms with Gasteiger partial charge in [0.2, 0.25) is 17.8 Å². The molecule has 4 heterocycles. The van der Waals surface area contributed by atoms with E-state index in [0.717, 1.165) is 5.56 Å². The number of aromatic nitrogens is 2. The van der Waals surface area contributed by atoms with Crippen LogP contribution in [0.4, 0.5) is 20.6 Å². The lowest BCUT2D eigenvalue weighted by atomic mass is 10.1. The van der Waals surface area contributed by atoms with Crippen LogP contribution in [0, 0.1) is 5.95 Å². The molecule has 3 amide bonds. The smallest absolute Gasteiger partial charge is 0.410 e. The maximum atomic E-state index is 13.8. The van der Waals surface area contributed by atoms with E-state index >= 15 is 0 Å². The van der Waals surface area contributed by atoms with Crippen molar-refractivity contribution in [3.63, 3.8) is 0 Å². The maximum Gasteiger partial charge on any atom is 0.410 e. The van der Waals surface area contributed by atoms with Crippen LogP contribution >= 0.6 is 11.8 Å². The van der Waals surface area contributed by atoms with Crippen LogP contribution in [0.3, 0.4) is 0 Å². The third-order valence-electron chi connectivity index (χ3n) is 7.41. The Morgan fingerprint density at radius 3 is 2.59 bits per heavy atom. The summed E-state index contributed by atoms with van der Waals surface area (Å²) in [5.74, 6) is -1.36. The monoisotopic (exact) mass is 640 g/mol. The average Bonchev–Trinajstić information content (AvgIpc) is 3.61. The SMILES string of the molecule is O=C(Nc1ccc(C2SC(=Nc3cccnc3)N(Cc3cccc(F)n3)C2=O)cc1)[C@@H]1C[C@@H](O)CN1C(=O)OCc1ccccc1. The lowest BCUT2D eigenvalue weighted by Crippen LogP contribution is -2.43. The highest BCUT2D eigenvalue weighted by Gasteiger charge is 2.41. The zero-order valence-corrected chi connectivity index (χ0v) is 25.2. The molecule has 2 N–H and O–H groups in total. The van der Waals surface area contributed by atoms with Gasteiger partial charge in [0.1, 0.15) is 17.9 Å². The third kappa shape index (κ3) is 7.22. The maximum absolute atomic E-state index is 13.8. The normalized spacial score (nSPS) is 20.3. The number of likely N-dealkylation sites (tertiary alicyclic amines) is 1. The lowest BCUT2D eigenvalue weighted by molar-refractivity contribution is -0.126. The first-order chi connectivity index (χ1) is 22.3. The standard InChI is InChI=1S/C33H29FN6O5S/c34-28-10-4-8-25(36-28)18-40-31(43)29(46-32(40)38-24-9-5-15-35-17-24)22-11-13-23(14-12-22)37-30(42)27-16-26(41)19-39(27)33(44)45-20-21-6-2-1-3-7-21/h1-15,17,26-27,29,41H,16,18-20H2,(H,37,42)/t26-,27+,29?/m1/s1. The first kappa shape index (κ1) is 30.9. The number of hydrogen-bond donors (Lipinski definition) is 2. The number of nitrogens with zero attached hydrogens (tertiary/aromatic N) is 5.